The molecule has 1 heterocycles. The average Bonchev–Trinajstić information content (AvgIpc) is 3.33. The van der Waals surface area contributed by atoms with Crippen LogP contribution in [0.25, 0.3) is 0 Å². The van der Waals surface area contributed by atoms with Gasteiger partial charge in [0.25, 0.3) is 0 Å². The number of likely N-dealkylation sites (tertiary alicyclic amines) is 1. The lowest BCUT2D eigenvalue weighted by atomic mass is 9.94. The number of carboxylic acid groups (broad SMARTS) is 1. The van der Waals surface area contributed by atoms with Gasteiger partial charge in [0.05, 0.1) is 12.0 Å². The van der Waals surface area contributed by atoms with Crippen LogP contribution < -0.4 is 10.6 Å². The topological polar surface area (TPSA) is 125 Å². The molecule has 0 saturated carbocycles. The summed E-state index contributed by atoms with van der Waals surface area (Å²) in [7, 11) is 0. The zero-order valence-electron chi connectivity index (χ0n) is 25.0. The molecule has 3 amide bonds. The summed E-state index contributed by atoms with van der Waals surface area (Å²) >= 11 is 0. The molecule has 2 unspecified atom stereocenters. The summed E-state index contributed by atoms with van der Waals surface area (Å²) < 4.78 is 5.44. The minimum absolute atomic E-state index is 0.199. The number of nitrogens with one attached hydrogen (secondary N) is 2. The molecule has 1 aliphatic heterocycles. The molecule has 1 aromatic carbocycles. The van der Waals surface area contributed by atoms with Gasteiger partial charge in [-0.25, -0.2) is 9.59 Å². The maximum absolute atomic E-state index is 13.9. The van der Waals surface area contributed by atoms with E-state index in [2.05, 4.69) is 24.5 Å². The van der Waals surface area contributed by atoms with E-state index in [9.17, 15) is 24.3 Å². The van der Waals surface area contributed by atoms with Gasteiger partial charge in [-0.2, -0.15) is 0 Å². The van der Waals surface area contributed by atoms with Crippen molar-refractivity contribution in [2.75, 3.05) is 6.54 Å². The van der Waals surface area contributed by atoms with Gasteiger partial charge in [-0.15, -0.1) is 0 Å². The van der Waals surface area contributed by atoms with Gasteiger partial charge in [-0.1, -0.05) is 70.2 Å². The Morgan fingerprint density at radius 1 is 1.05 bits per heavy atom. The van der Waals surface area contributed by atoms with Crippen LogP contribution >= 0.6 is 0 Å². The van der Waals surface area contributed by atoms with Crippen LogP contribution in [-0.2, 0) is 25.5 Å². The molecular formula is C31H47N3O6. The Kier molecular flexibility index (Phi) is 12.2. The highest BCUT2D eigenvalue weighted by Gasteiger charge is 2.38. The molecule has 0 spiro atoms. The summed E-state index contributed by atoms with van der Waals surface area (Å²) in [6.45, 7) is 13.4. The monoisotopic (exact) mass is 557 g/mol. The Bertz CT molecular complexity index is 1030. The maximum atomic E-state index is 13.9. The molecule has 0 bridgehead atoms. The number of ether oxygens (including phenoxy) is 1. The van der Waals surface area contributed by atoms with E-state index >= 15 is 0 Å². The number of alkyl carbamates (subject to hydrolysis) is 1. The smallest absolute Gasteiger partial charge is 0.408 e. The Morgan fingerprint density at radius 2 is 1.70 bits per heavy atom. The number of hydrogen-bond acceptors (Lipinski definition) is 5. The number of hydrogen-bond donors (Lipinski definition) is 3. The molecule has 0 radical (unpaired) electrons. The van der Waals surface area contributed by atoms with Gasteiger partial charge >= 0.3 is 12.1 Å². The summed E-state index contributed by atoms with van der Waals surface area (Å²) in [6.07, 6.45) is 5.35. The number of nitrogens with zero attached hydrogens (tertiary/aromatic N) is 1. The molecule has 0 aliphatic carbocycles. The maximum Gasteiger partial charge on any atom is 0.408 e. The molecule has 9 heteroatoms. The highest BCUT2D eigenvalue weighted by atomic mass is 16.6. The third kappa shape index (κ3) is 10.7. The predicted octanol–water partition coefficient (Wildman–Crippen LogP) is 4.56. The molecule has 9 nitrogen and oxygen atoms in total. The van der Waals surface area contributed by atoms with Crippen molar-refractivity contribution in [3.63, 3.8) is 0 Å². The lowest BCUT2D eigenvalue weighted by molar-refractivity contribution is -0.145. The first-order valence-corrected chi connectivity index (χ1v) is 14.2. The van der Waals surface area contributed by atoms with Crippen molar-refractivity contribution in [1.82, 2.24) is 15.5 Å². The van der Waals surface area contributed by atoms with E-state index in [0.717, 1.165) is 5.56 Å². The molecule has 1 saturated heterocycles. The largest absolute Gasteiger partial charge is 0.480 e. The van der Waals surface area contributed by atoms with Crippen molar-refractivity contribution in [2.45, 2.75) is 97.9 Å². The molecule has 3 N–H and O–H groups in total. The molecular weight excluding hydrogens is 510 g/mol. The van der Waals surface area contributed by atoms with E-state index in [0.29, 0.717) is 32.2 Å². The molecule has 1 aliphatic rings. The molecule has 0 aromatic heterocycles. The summed E-state index contributed by atoms with van der Waals surface area (Å²) in [6, 6.07) is 7.54. The lowest BCUT2D eigenvalue weighted by Crippen LogP contribution is -2.53. The summed E-state index contributed by atoms with van der Waals surface area (Å²) in [4.78, 5) is 52.8. The number of carbonyl (C=O) groups excluding carboxylic acids is 3. The van der Waals surface area contributed by atoms with Crippen LogP contribution in [0.5, 0.6) is 0 Å². The van der Waals surface area contributed by atoms with Crippen LogP contribution in [0.3, 0.4) is 0 Å². The fourth-order valence-corrected chi connectivity index (χ4v) is 4.81. The Morgan fingerprint density at radius 3 is 2.25 bits per heavy atom. The van der Waals surface area contributed by atoms with E-state index in [1.807, 2.05) is 42.5 Å². The van der Waals surface area contributed by atoms with Gasteiger partial charge < -0.3 is 25.4 Å². The lowest BCUT2D eigenvalue weighted by Gasteiger charge is -2.29. The molecule has 1 aromatic rings. The van der Waals surface area contributed by atoms with Gasteiger partial charge in [0, 0.05) is 6.54 Å². The normalized spacial score (nSPS) is 18.0. The van der Waals surface area contributed by atoms with Crippen LogP contribution in [0.15, 0.2) is 42.5 Å². The molecule has 40 heavy (non-hydrogen) atoms. The Hall–Kier alpha value is -3.36. The Balaban J connectivity index is 2.30. The molecule has 222 valence electrons. The number of aliphatic carboxylic acids is 1. The number of amides is 3. The van der Waals surface area contributed by atoms with Gasteiger partial charge in [0.1, 0.15) is 17.7 Å². The van der Waals surface area contributed by atoms with Crippen molar-refractivity contribution >= 4 is 23.9 Å². The van der Waals surface area contributed by atoms with E-state index in [-0.39, 0.29) is 23.8 Å². The van der Waals surface area contributed by atoms with Crippen LogP contribution in [0.1, 0.15) is 73.3 Å². The first kappa shape index (κ1) is 32.8. The van der Waals surface area contributed by atoms with Gasteiger partial charge in [-0.05, 0) is 63.9 Å². The average molecular weight is 558 g/mol. The highest BCUT2D eigenvalue weighted by Crippen LogP contribution is 2.24. The Labute approximate surface area is 238 Å². The number of carbonyl (C=O) groups is 4. The zero-order valence-corrected chi connectivity index (χ0v) is 25.0. The van der Waals surface area contributed by atoms with Crippen molar-refractivity contribution < 1.29 is 29.0 Å². The van der Waals surface area contributed by atoms with E-state index in [1.165, 1.54) is 0 Å². The van der Waals surface area contributed by atoms with Crippen molar-refractivity contribution in [2.24, 2.45) is 17.8 Å². The summed E-state index contributed by atoms with van der Waals surface area (Å²) in [5.74, 6) is -2.34. The van der Waals surface area contributed by atoms with Crippen molar-refractivity contribution in [1.29, 1.82) is 0 Å². The van der Waals surface area contributed by atoms with Crippen molar-refractivity contribution in [3.05, 3.63) is 48.0 Å². The van der Waals surface area contributed by atoms with Gasteiger partial charge in [0.15, 0.2) is 0 Å². The number of carboxylic acids is 1. The van der Waals surface area contributed by atoms with E-state index in [1.54, 1.807) is 39.5 Å². The second-order valence-electron chi connectivity index (χ2n) is 12.3. The molecule has 4 atom stereocenters. The van der Waals surface area contributed by atoms with Gasteiger partial charge in [-0.3, -0.25) is 9.59 Å². The fraction of sp³-hybridized carbons (Fsp3) is 0.613. The van der Waals surface area contributed by atoms with Gasteiger partial charge in [0.2, 0.25) is 11.8 Å². The van der Waals surface area contributed by atoms with Crippen LogP contribution in [0.4, 0.5) is 4.79 Å². The van der Waals surface area contributed by atoms with Crippen molar-refractivity contribution in [3.8, 4) is 0 Å². The standard InChI is InChI=1S/C31H47N3O6/c1-20(2)18-24(32-30(39)40-31(5,6)7)16-15-23(19-22-12-9-8-10-13-22)28(36)34-17-11-14-25(34)27(35)33-26(21(3)4)29(37)38/h8-10,12-13,15-16,20-21,23-26H,11,14,17-19H2,1-7H3,(H,32,39)(H,33,35)(H,37,38)/b16-15+/t23?,24-,25+,26?/m1/s1. The minimum atomic E-state index is -1.10. The first-order chi connectivity index (χ1) is 18.7. The highest BCUT2D eigenvalue weighted by molar-refractivity contribution is 5.92. The zero-order chi connectivity index (χ0) is 30.0. The predicted molar refractivity (Wildman–Crippen MR) is 155 cm³/mol. The second kappa shape index (κ2) is 14.9. The molecule has 2 rings (SSSR count). The van der Waals surface area contributed by atoms with E-state index in [4.69, 9.17) is 4.74 Å². The SMILES string of the molecule is CC(C)C[C@@H](/C=C/C(Cc1ccccc1)C(=O)N1CCC[C@H]1C(=O)NC(C(=O)O)C(C)C)NC(=O)OC(C)(C)C. The quantitative estimate of drug-likeness (QED) is 0.324. The number of rotatable bonds is 12. The van der Waals surface area contributed by atoms with Crippen LogP contribution in [0.2, 0.25) is 0 Å². The second-order valence-corrected chi connectivity index (χ2v) is 12.3. The number of benzene rings is 1. The van der Waals surface area contributed by atoms with Crippen LogP contribution in [-0.4, -0.2) is 64.2 Å². The molecule has 1 fully saturated rings. The first-order valence-electron chi connectivity index (χ1n) is 14.2. The van der Waals surface area contributed by atoms with Crippen LogP contribution in [0, 0.1) is 17.8 Å². The third-order valence-electron chi connectivity index (χ3n) is 6.69. The summed E-state index contributed by atoms with van der Waals surface area (Å²) in [5.41, 5.74) is 0.333. The van der Waals surface area contributed by atoms with E-state index < -0.39 is 41.6 Å². The summed E-state index contributed by atoms with van der Waals surface area (Å²) in [5, 5.41) is 15.1. The third-order valence-corrected chi connectivity index (χ3v) is 6.69. The fourth-order valence-electron chi connectivity index (χ4n) is 4.81. The minimum Gasteiger partial charge on any atom is -0.480 e.